The van der Waals surface area contributed by atoms with Gasteiger partial charge < -0.3 is 0 Å². The Morgan fingerprint density at radius 1 is 0.846 bits per heavy atom. The van der Waals surface area contributed by atoms with Gasteiger partial charge in [-0.2, -0.15) is 0 Å². The summed E-state index contributed by atoms with van der Waals surface area (Å²) in [6.07, 6.45) is 15.9. The fourth-order valence-corrected chi connectivity index (χ4v) is 11.7. The highest BCUT2D eigenvalue weighted by Crippen LogP contribution is 2.74. The predicted octanol–water partition coefficient (Wildman–Crippen LogP) is 9.44. The van der Waals surface area contributed by atoms with Crippen LogP contribution in [-0.2, 0) is 11.8 Å². The van der Waals surface area contributed by atoms with Gasteiger partial charge >= 0.3 is 0 Å². The lowest BCUT2D eigenvalue weighted by Gasteiger charge is -2.70. The Labute approximate surface area is 237 Å². The van der Waals surface area contributed by atoms with E-state index < -0.39 is 0 Å². The van der Waals surface area contributed by atoms with Gasteiger partial charge in [0.1, 0.15) is 0 Å². The standard InChI is InChI=1S/C37H50N2/c1-23-13-14-25-17-19-36(6)28(31(25)24(23)2)15-16-30-35(5)21-27-22-38-33(26-11-9-8-10-12-26)39-32(27)34(3,4)29(35)18-20-37(30,36)7/h8-12,15,22-25,29-31H,13-14,16-21H2,1-7H3/t23-,24+,25+,29+,30-,31-,35+,36-,37-/m1/s1. The van der Waals surface area contributed by atoms with E-state index >= 15 is 0 Å². The maximum absolute atomic E-state index is 5.30. The summed E-state index contributed by atoms with van der Waals surface area (Å²) in [7, 11) is 0. The van der Waals surface area contributed by atoms with Crippen molar-refractivity contribution in [3.63, 3.8) is 0 Å². The number of rotatable bonds is 1. The monoisotopic (exact) mass is 522 g/mol. The van der Waals surface area contributed by atoms with Crippen LogP contribution in [0.2, 0.25) is 0 Å². The molecular formula is C37H50N2. The second-order valence-electron chi connectivity index (χ2n) is 15.9. The van der Waals surface area contributed by atoms with Crippen LogP contribution < -0.4 is 0 Å². The first kappa shape index (κ1) is 26.0. The van der Waals surface area contributed by atoms with Crippen LogP contribution in [0.1, 0.15) is 105 Å². The van der Waals surface area contributed by atoms with Crippen LogP contribution in [0.3, 0.4) is 0 Å². The SMILES string of the molecule is C[C@@H]1[C@H]2C3=CC[C@@H]4[C@@]5(C)Cc6cnc(-c7ccccc7)nc6C(C)(C)[C@@H]5CC[C@@]4(C)[C@]3(C)CC[C@@H]2CC[C@H]1C. The third-order valence-electron chi connectivity index (χ3n) is 14.1. The molecule has 5 aliphatic carbocycles. The zero-order valence-electron chi connectivity index (χ0n) is 25.6. The molecule has 0 radical (unpaired) electrons. The van der Waals surface area contributed by atoms with Crippen molar-refractivity contribution >= 4 is 0 Å². The Morgan fingerprint density at radius 3 is 2.38 bits per heavy atom. The minimum Gasteiger partial charge on any atom is -0.236 e. The van der Waals surface area contributed by atoms with Crippen LogP contribution >= 0.6 is 0 Å². The third kappa shape index (κ3) is 3.39. The zero-order valence-corrected chi connectivity index (χ0v) is 25.6. The molecule has 0 bridgehead atoms. The van der Waals surface area contributed by atoms with E-state index in [9.17, 15) is 0 Å². The van der Waals surface area contributed by atoms with Gasteiger partial charge in [-0.3, -0.25) is 0 Å². The molecule has 7 rings (SSSR count). The van der Waals surface area contributed by atoms with Crippen LogP contribution in [0, 0.1) is 51.8 Å². The second kappa shape index (κ2) is 8.53. The molecular weight excluding hydrogens is 472 g/mol. The number of fused-ring (bicyclic) bond motifs is 8. The highest BCUT2D eigenvalue weighted by Gasteiger charge is 2.67. The molecule has 0 aliphatic heterocycles. The highest BCUT2D eigenvalue weighted by atomic mass is 14.9. The Balaban J connectivity index is 1.30. The summed E-state index contributed by atoms with van der Waals surface area (Å²) in [6, 6.07) is 10.5. The van der Waals surface area contributed by atoms with E-state index in [1.807, 2.05) is 5.57 Å². The first-order valence-corrected chi connectivity index (χ1v) is 16.1. The molecule has 5 aliphatic rings. The van der Waals surface area contributed by atoms with Crippen molar-refractivity contribution in [3.05, 3.63) is 59.4 Å². The second-order valence-corrected chi connectivity index (χ2v) is 15.9. The quantitative estimate of drug-likeness (QED) is 0.349. The zero-order chi connectivity index (χ0) is 27.4. The lowest BCUT2D eigenvalue weighted by atomic mass is 9.34. The highest BCUT2D eigenvalue weighted by molar-refractivity contribution is 5.55. The molecule has 3 saturated carbocycles. The summed E-state index contributed by atoms with van der Waals surface area (Å²) in [5.74, 6) is 5.70. The van der Waals surface area contributed by atoms with Crippen molar-refractivity contribution in [2.75, 3.05) is 0 Å². The molecule has 2 nitrogen and oxygen atoms in total. The van der Waals surface area contributed by atoms with Gasteiger partial charge in [-0.15, -0.1) is 0 Å². The van der Waals surface area contributed by atoms with E-state index in [2.05, 4.69) is 91.1 Å². The molecule has 39 heavy (non-hydrogen) atoms. The Kier molecular flexibility index (Phi) is 5.68. The van der Waals surface area contributed by atoms with E-state index in [0.717, 1.165) is 41.5 Å². The van der Waals surface area contributed by atoms with Crippen molar-refractivity contribution in [3.8, 4) is 11.4 Å². The summed E-state index contributed by atoms with van der Waals surface area (Å²) < 4.78 is 0. The van der Waals surface area contributed by atoms with Crippen molar-refractivity contribution < 1.29 is 0 Å². The lowest BCUT2D eigenvalue weighted by Crippen LogP contribution is -2.63. The Hall–Kier alpha value is -1.96. The molecule has 0 unspecified atom stereocenters. The molecule has 9 atom stereocenters. The van der Waals surface area contributed by atoms with E-state index in [-0.39, 0.29) is 10.8 Å². The van der Waals surface area contributed by atoms with Gasteiger partial charge in [0, 0.05) is 17.2 Å². The molecule has 0 amide bonds. The molecule has 1 aromatic heterocycles. The summed E-state index contributed by atoms with van der Waals surface area (Å²) in [4.78, 5) is 10.2. The molecule has 2 aromatic rings. The predicted molar refractivity (Wildman–Crippen MR) is 161 cm³/mol. The van der Waals surface area contributed by atoms with E-state index in [0.29, 0.717) is 22.7 Å². The lowest BCUT2D eigenvalue weighted by molar-refractivity contribution is -0.153. The first-order chi connectivity index (χ1) is 18.5. The van der Waals surface area contributed by atoms with Crippen molar-refractivity contribution in [2.24, 2.45) is 51.8 Å². The van der Waals surface area contributed by atoms with Crippen LogP contribution in [0.15, 0.2) is 48.2 Å². The normalized spacial score (nSPS) is 44.1. The van der Waals surface area contributed by atoms with Gasteiger partial charge in [0.25, 0.3) is 0 Å². The first-order valence-electron chi connectivity index (χ1n) is 16.1. The number of hydrogen-bond acceptors (Lipinski definition) is 2. The molecule has 1 aromatic carbocycles. The topological polar surface area (TPSA) is 25.8 Å². The summed E-state index contributed by atoms with van der Waals surface area (Å²) >= 11 is 0. The van der Waals surface area contributed by atoms with Gasteiger partial charge in [0.2, 0.25) is 0 Å². The smallest absolute Gasteiger partial charge is 0.159 e. The van der Waals surface area contributed by atoms with Gasteiger partial charge in [-0.25, -0.2) is 9.97 Å². The van der Waals surface area contributed by atoms with Crippen LogP contribution in [-0.4, -0.2) is 9.97 Å². The maximum Gasteiger partial charge on any atom is 0.159 e. The van der Waals surface area contributed by atoms with E-state index in [1.54, 1.807) is 0 Å². The van der Waals surface area contributed by atoms with Crippen molar-refractivity contribution in [1.82, 2.24) is 9.97 Å². The number of aromatic nitrogens is 2. The molecule has 208 valence electrons. The minimum absolute atomic E-state index is 0.0476. The Morgan fingerprint density at radius 2 is 1.62 bits per heavy atom. The number of nitrogens with zero attached hydrogens (tertiary/aromatic N) is 2. The molecule has 1 heterocycles. The summed E-state index contributed by atoms with van der Waals surface area (Å²) in [5.41, 5.74) is 6.76. The van der Waals surface area contributed by atoms with E-state index in [1.165, 1.54) is 56.2 Å². The van der Waals surface area contributed by atoms with Crippen molar-refractivity contribution in [1.29, 1.82) is 0 Å². The molecule has 0 N–H and O–H groups in total. The van der Waals surface area contributed by atoms with Gasteiger partial charge in [0.05, 0.1) is 5.69 Å². The van der Waals surface area contributed by atoms with Crippen molar-refractivity contribution in [2.45, 2.75) is 105 Å². The number of benzene rings is 1. The average molecular weight is 523 g/mol. The number of hydrogen-bond donors (Lipinski definition) is 0. The third-order valence-corrected chi connectivity index (χ3v) is 14.1. The maximum atomic E-state index is 5.30. The fraction of sp³-hybridized carbons (Fsp3) is 0.676. The van der Waals surface area contributed by atoms with Crippen LogP contribution in [0.5, 0.6) is 0 Å². The molecule has 3 fully saturated rings. The molecule has 0 saturated heterocycles. The Bertz CT molecular complexity index is 1310. The van der Waals surface area contributed by atoms with Gasteiger partial charge in [0.15, 0.2) is 5.82 Å². The van der Waals surface area contributed by atoms with E-state index in [4.69, 9.17) is 9.97 Å². The van der Waals surface area contributed by atoms with Gasteiger partial charge in [-0.1, -0.05) is 96.9 Å². The summed E-state index contributed by atoms with van der Waals surface area (Å²) in [6.45, 7) is 18.2. The average Bonchev–Trinajstić information content (AvgIpc) is 2.91. The molecule has 2 heteroatoms. The minimum atomic E-state index is 0.0476. The van der Waals surface area contributed by atoms with Crippen LogP contribution in [0.4, 0.5) is 0 Å². The largest absolute Gasteiger partial charge is 0.236 e. The van der Waals surface area contributed by atoms with Crippen LogP contribution in [0.25, 0.3) is 11.4 Å². The fourth-order valence-electron chi connectivity index (χ4n) is 11.7. The van der Waals surface area contributed by atoms with Gasteiger partial charge in [-0.05, 0) is 102 Å². The number of allylic oxidation sites excluding steroid dienone is 2. The summed E-state index contributed by atoms with van der Waals surface area (Å²) in [5, 5.41) is 0. The molecule has 0 spiro atoms.